The van der Waals surface area contributed by atoms with Crippen molar-refractivity contribution in [3.8, 4) is 44.5 Å². The Morgan fingerprint density at radius 2 is 0.755 bits per heavy atom. The Hall–Kier alpha value is -6.50. The molecule has 0 unspecified atom stereocenters. The lowest BCUT2D eigenvalue weighted by Gasteiger charge is -2.23. The van der Waals surface area contributed by atoms with Gasteiger partial charge in [0.25, 0.3) is 0 Å². The predicted molar refractivity (Wildman–Crippen MR) is 228 cm³/mol. The van der Waals surface area contributed by atoms with Gasteiger partial charge in [-0.2, -0.15) is 0 Å². The fourth-order valence-electron chi connectivity index (χ4n) is 7.48. The highest BCUT2D eigenvalue weighted by Gasteiger charge is 2.36. The second-order valence-corrected chi connectivity index (χ2v) is 12.8. The second-order valence-electron chi connectivity index (χ2n) is 12.8. The molecule has 0 amide bonds. The predicted octanol–water partition coefficient (Wildman–Crippen LogP) is 14.8. The molecule has 0 bridgehead atoms. The van der Waals surface area contributed by atoms with Crippen molar-refractivity contribution in [2.75, 3.05) is 0 Å². The van der Waals surface area contributed by atoms with E-state index >= 15 is 0 Å². The maximum atomic E-state index is 9.97. The third-order valence-corrected chi connectivity index (χ3v) is 9.96. The summed E-state index contributed by atoms with van der Waals surface area (Å²) in [7, 11) is 0. The van der Waals surface area contributed by atoms with Crippen LogP contribution in [0.3, 0.4) is 0 Å². The Morgan fingerprint density at radius 1 is 0.358 bits per heavy atom. The summed E-state index contributed by atoms with van der Waals surface area (Å²) in [5.41, 5.74) is -9.84. The fraction of sp³-hybridized carbons (Fsp3) is 0.0566. The molecule has 0 heterocycles. The van der Waals surface area contributed by atoms with Gasteiger partial charge in [0, 0.05) is 13.6 Å². The Labute approximate surface area is 350 Å². The average Bonchev–Trinajstić information content (AvgIpc) is 3.05. The molecule has 11 aromatic carbocycles. The van der Waals surface area contributed by atoms with Gasteiger partial charge in [0.2, 0.25) is 0 Å². The van der Waals surface area contributed by atoms with Crippen LogP contribution in [-0.2, 0) is 5.41 Å². The van der Waals surface area contributed by atoms with Gasteiger partial charge in [0.1, 0.15) is 0 Å². The maximum absolute atomic E-state index is 9.97. The first-order valence-corrected chi connectivity index (χ1v) is 16.3. The van der Waals surface area contributed by atoms with E-state index < -0.39 is 225 Å². The highest BCUT2D eigenvalue weighted by atomic mass is 14.4. The molecule has 12 rings (SSSR count). The first-order valence-electron chi connectivity index (χ1n) is 31.3. The normalized spacial score (nSPS) is 22.1. The molecule has 0 nitrogen and oxygen atoms in total. The fourth-order valence-corrected chi connectivity index (χ4v) is 7.48. The van der Waals surface area contributed by atoms with Crippen LogP contribution in [0, 0.1) is 0 Å². The van der Waals surface area contributed by atoms with Crippen molar-refractivity contribution in [3.05, 3.63) is 180 Å². The van der Waals surface area contributed by atoms with Gasteiger partial charge in [-0.05, 0) is 132 Å². The molecule has 246 valence electrons. The van der Waals surface area contributed by atoms with Crippen LogP contribution in [0.2, 0.25) is 0 Å². The van der Waals surface area contributed by atoms with Gasteiger partial charge in [-0.3, -0.25) is 0 Å². The van der Waals surface area contributed by atoms with Gasteiger partial charge < -0.3 is 0 Å². The van der Waals surface area contributed by atoms with Crippen LogP contribution in [0.1, 0.15) is 66.0 Å². The van der Waals surface area contributed by atoms with Crippen molar-refractivity contribution in [1.29, 1.82) is 0 Å². The van der Waals surface area contributed by atoms with E-state index in [2.05, 4.69) is 0 Å². The third-order valence-electron chi connectivity index (χ3n) is 9.96. The van der Waals surface area contributed by atoms with Crippen molar-refractivity contribution < 1.29 is 41.1 Å². The molecule has 0 radical (unpaired) electrons. The molecule has 0 aromatic heterocycles. The standard InChI is InChI=1S/C53H34/c1-53(2)47-29-39(31-9-11-32(12-10-31)41-23-17-37-15-13-33-5-3-7-35-19-27-45(41)51(37)49(33)35)21-25-43(47)44-26-22-40(30-48(44)53)42-24-18-38-16-14-34-6-4-8-36-20-28-46(42)52(38)50(34)36/h3-30H,1-2H3/i1D3,2D3,3D,4D,5D,6D,7D,8D,13D,14D,15D,16D,17D,18D,19D,20D,21D,22D,23D,24D,25D,26D,27D,28D,29D,30D. The zero-order valence-corrected chi connectivity index (χ0v) is 26.8. The maximum Gasteiger partial charge on any atom is 0.0633 e. The highest BCUT2D eigenvalue weighted by Crippen LogP contribution is 2.51. The lowest BCUT2D eigenvalue weighted by molar-refractivity contribution is 0.661. The highest BCUT2D eigenvalue weighted by molar-refractivity contribution is 6.26. The molecule has 53 heavy (non-hydrogen) atoms. The molecule has 0 aliphatic heterocycles. The van der Waals surface area contributed by atoms with Crippen LogP contribution >= 0.6 is 0 Å². The largest absolute Gasteiger partial charge is 0.0633 e. The van der Waals surface area contributed by atoms with Crippen molar-refractivity contribution in [2.45, 2.75) is 19.1 Å². The van der Waals surface area contributed by atoms with E-state index in [0.29, 0.717) is 0 Å². The minimum absolute atomic E-state index is 0.0320. The molecular weight excluding hydrogens is 637 g/mol. The molecule has 1 aliphatic rings. The van der Waals surface area contributed by atoms with E-state index in [4.69, 9.17) is 26.0 Å². The Bertz CT molecular complexity index is 4830. The summed E-state index contributed by atoms with van der Waals surface area (Å²) < 4.78 is 274. The lowest BCUT2D eigenvalue weighted by Crippen LogP contribution is -2.15. The summed E-state index contributed by atoms with van der Waals surface area (Å²) in [6, 6.07) is -13.9. The van der Waals surface area contributed by atoms with Gasteiger partial charge in [-0.1, -0.05) is 171 Å². The van der Waals surface area contributed by atoms with Crippen LogP contribution in [0.15, 0.2) is 169 Å². The quantitative estimate of drug-likeness (QED) is 0.161. The van der Waals surface area contributed by atoms with Gasteiger partial charge >= 0.3 is 0 Å². The summed E-state index contributed by atoms with van der Waals surface area (Å²) in [6.45, 7) is -7.79. The smallest absolute Gasteiger partial charge is 0.0610 e. The number of rotatable bonds is 3. The van der Waals surface area contributed by atoms with Crippen molar-refractivity contribution in [2.24, 2.45) is 0 Å². The number of fused-ring (bicyclic) bond motifs is 3. The van der Waals surface area contributed by atoms with Gasteiger partial charge in [-0.15, -0.1) is 0 Å². The van der Waals surface area contributed by atoms with Crippen LogP contribution in [0.4, 0.5) is 0 Å². The van der Waals surface area contributed by atoms with E-state index in [1.54, 1.807) is 0 Å². The van der Waals surface area contributed by atoms with Crippen LogP contribution in [-0.4, -0.2) is 0 Å². The topological polar surface area (TPSA) is 0 Å². The van der Waals surface area contributed by atoms with E-state index in [1.165, 1.54) is 24.3 Å². The van der Waals surface area contributed by atoms with E-state index in [1.807, 2.05) is 0 Å². The minimum Gasteiger partial charge on any atom is -0.0610 e. The molecule has 0 saturated heterocycles. The summed E-state index contributed by atoms with van der Waals surface area (Å²) in [5.74, 6) is 0. The minimum atomic E-state index is -3.90. The molecule has 0 saturated carbocycles. The first kappa shape index (κ1) is 12.6. The Kier molecular flexibility index (Phi) is 2.45. The molecule has 0 fully saturated rings. The van der Waals surface area contributed by atoms with Gasteiger partial charge in [0.15, 0.2) is 0 Å². The van der Waals surface area contributed by atoms with Crippen LogP contribution in [0.25, 0.3) is 109 Å². The molecule has 1 aliphatic carbocycles. The van der Waals surface area contributed by atoms with Gasteiger partial charge in [-0.25, -0.2) is 0 Å². The number of hydrogen-bond donors (Lipinski definition) is 0. The molecule has 0 N–H and O–H groups in total. The molecule has 0 atom stereocenters. The van der Waals surface area contributed by atoms with Crippen LogP contribution in [0.5, 0.6) is 0 Å². The van der Waals surface area contributed by atoms with Crippen molar-refractivity contribution in [3.63, 3.8) is 0 Å². The Morgan fingerprint density at radius 3 is 1.28 bits per heavy atom. The zero-order valence-electron chi connectivity index (χ0n) is 56.8. The third kappa shape index (κ3) is 3.96. The molecular formula is C53H34. The summed E-state index contributed by atoms with van der Waals surface area (Å²) >= 11 is 0. The SMILES string of the molecule is [2H]c1c([2H])c2c(c([2H])c1-c1ccc(-c3c([2H])c([2H])c4c([2H])c([2H])c5c([2H])c([2H])c([2H])c6c([2H])c([2H])c3c4c56)cc1)C(C([2H])([2H])[2H])(C([2H])([2H])[2H])c1c([2H])c(-c3c([2H])c([2H])c4c([2H])c([2H])c5c([2H])c([2H])c([2H])c6c([2H])c([2H])c3c4c56)c([2H])c([2H])c1-2. The average molecular weight is 701 g/mol. The first-order chi connectivity index (χ1) is 38.6. The lowest BCUT2D eigenvalue weighted by atomic mass is 9.80. The monoisotopic (exact) mass is 700 g/mol. The number of benzene rings is 11. The van der Waals surface area contributed by atoms with E-state index in [9.17, 15) is 15.1 Å². The van der Waals surface area contributed by atoms with E-state index in [0.717, 1.165) is 0 Å². The number of hydrogen-bond acceptors (Lipinski definition) is 0. The summed E-state index contributed by atoms with van der Waals surface area (Å²) in [5, 5.41) is -3.93. The zero-order chi connectivity index (χ0) is 60.9. The van der Waals surface area contributed by atoms with Crippen LogP contribution < -0.4 is 0 Å². The Balaban J connectivity index is 1.14. The van der Waals surface area contributed by atoms with Crippen molar-refractivity contribution >= 4 is 64.6 Å². The van der Waals surface area contributed by atoms with E-state index in [-0.39, 0.29) is 59.8 Å². The summed E-state index contributed by atoms with van der Waals surface area (Å²) in [6.07, 6.45) is 0. The molecule has 0 heteroatoms. The second kappa shape index (κ2) is 10.3. The summed E-state index contributed by atoms with van der Waals surface area (Å²) in [4.78, 5) is 0. The molecule has 0 spiro atoms. The van der Waals surface area contributed by atoms with Crippen molar-refractivity contribution in [1.82, 2.24) is 0 Å². The van der Waals surface area contributed by atoms with Gasteiger partial charge in [0.05, 0.1) is 32.9 Å². The molecule has 11 aromatic rings.